The van der Waals surface area contributed by atoms with Crippen molar-refractivity contribution in [3.05, 3.63) is 0 Å². The number of thioether (sulfide) groups is 1. The molecule has 116 valence electrons. The van der Waals surface area contributed by atoms with Gasteiger partial charge in [-0.25, -0.2) is 4.79 Å². The lowest BCUT2D eigenvalue weighted by Gasteiger charge is -2.28. The first-order chi connectivity index (χ1) is 9.50. The van der Waals surface area contributed by atoms with Crippen LogP contribution in [0.3, 0.4) is 0 Å². The number of carbonyl (C=O) groups is 2. The second kappa shape index (κ2) is 9.10. The number of nitrogens with one attached hydrogen (secondary N) is 3. The van der Waals surface area contributed by atoms with E-state index in [1.54, 1.807) is 0 Å². The number of hydrogen-bond donors (Lipinski definition) is 3. The molecule has 0 aromatic carbocycles. The van der Waals surface area contributed by atoms with Gasteiger partial charge in [0.25, 0.3) is 0 Å². The van der Waals surface area contributed by atoms with Crippen LogP contribution in [-0.4, -0.2) is 42.6 Å². The van der Waals surface area contributed by atoms with E-state index in [-0.39, 0.29) is 17.9 Å². The Labute approximate surface area is 126 Å². The van der Waals surface area contributed by atoms with Gasteiger partial charge in [0, 0.05) is 13.1 Å². The van der Waals surface area contributed by atoms with E-state index < -0.39 is 6.04 Å². The standard InChI is InChI=1S/C14H27N3O2S/c1-10(2)9-20-8-4-6-16-14(19)17-12-11(3)5-7-15-13(12)18/h10-12H,4-9H2,1-3H3,(H,15,18)(H2,16,17,19)/t11-,12+/m1/s1. The van der Waals surface area contributed by atoms with E-state index in [0.29, 0.717) is 19.0 Å². The lowest BCUT2D eigenvalue weighted by molar-refractivity contribution is -0.125. The Morgan fingerprint density at radius 1 is 1.50 bits per heavy atom. The monoisotopic (exact) mass is 301 g/mol. The molecule has 0 saturated carbocycles. The third kappa shape index (κ3) is 6.50. The first kappa shape index (κ1) is 17.1. The molecule has 3 N–H and O–H groups in total. The number of hydrogen-bond acceptors (Lipinski definition) is 3. The Morgan fingerprint density at radius 3 is 2.90 bits per heavy atom. The van der Waals surface area contributed by atoms with Crippen LogP contribution in [0.4, 0.5) is 4.79 Å². The van der Waals surface area contributed by atoms with Crippen LogP contribution in [0.15, 0.2) is 0 Å². The van der Waals surface area contributed by atoms with Gasteiger partial charge < -0.3 is 16.0 Å². The number of urea groups is 1. The summed E-state index contributed by atoms with van der Waals surface area (Å²) in [5, 5.41) is 8.35. The van der Waals surface area contributed by atoms with Crippen LogP contribution in [0.25, 0.3) is 0 Å². The molecule has 3 amide bonds. The smallest absolute Gasteiger partial charge is 0.315 e. The van der Waals surface area contributed by atoms with Crippen molar-refractivity contribution in [1.29, 1.82) is 0 Å². The fourth-order valence-electron chi connectivity index (χ4n) is 2.05. The first-order valence-electron chi connectivity index (χ1n) is 7.40. The fraction of sp³-hybridized carbons (Fsp3) is 0.857. The molecule has 0 unspecified atom stereocenters. The number of rotatable bonds is 7. The maximum absolute atomic E-state index is 11.7. The third-order valence-electron chi connectivity index (χ3n) is 3.24. The van der Waals surface area contributed by atoms with Crippen molar-refractivity contribution in [2.45, 2.75) is 39.7 Å². The second-order valence-electron chi connectivity index (χ2n) is 5.76. The Bertz CT molecular complexity index is 324. The minimum atomic E-state index is -0.404. The Hall–Kier alpha value is -0.910. The molecule has 0 radical (unpaired) electrons. The molecule has 0 aromatic heterocycles. The molecule has 6 heteroatoms. The van der Waals surface area contributed by atoms with Gasteiger partial charge in [0.05, 0.1) is 0 Å². The molecule has 1 aliphatic rings. The molecule has 1 rings (SSSR count). The molecule has 1 heterocycles. The van der Waals surface area contributed by atoms with Crippen LogP contribution in [0.1, 0.15) is 33.6 Å². The van der Waals surface area contributed by atoms with Gasteiger partial charge in [0.2, 0.25) is 5.91 Å². The lowest BCUT2D eigenvalue weighted by Crippen LogP contribution is -2.56. The Kier molecular flexibility index (Phi) is 7.80. The summed E-state index contributed by atoms with van der Waals surface area (Å²) in [6.45, 7) is 7.75. The van der Waals surface area contributed by atoms with Crippen LogP contribution in [-0.2, 0) is 4.79 Å². The summed E-state index contributed by atoms with van der Waals surface area (Å²) >= 11 is 1.91. The van der Waals surface area contributed by atoms with E-state index in [4.69, 9.17) is 0 Å². The highest BCUT2D eigenvalue weighted by atomic mass is 32.2. The zero-order chi connectivity index (χ0) is 15.0. The zero-order valence-electron chi connectivity index (χ0n) is 12.7. The molecule has 1 fully saturated rings. The van der Waals surface area contributed by atoms with E-state index in [2.05, 4.69) is 29.8 Å². The van der Waals surface area contributed by atoms with E-state index in [1.165, 1.54) is 0 Å². The summed E-state index contributed by atoms with van der Waals surface area (Å²) in [7, 11) is 0. The highest BCUT2D eigenvalue weighted by Gasteiger charge is 2.29. The van der Waals surface area contributed by atoms with Crippen molar-refractivity contribution in [2.75, 3.05) is 24.6 Å². The molecule has 2 atom stereocenters. The first-order valence-corrected chi connectivity index (χ1v) is 8.56. The molecule has 0 aliphatic carbocycles. The molecule has 1 aliphatic heterocycles. The number of amides is 3. The highest BCUT2D eigenvalue weighted by Crippen LogP contribution is 2.12. The topological polar surface area (TPSA) is 70.2 Å². The van der Waals surface area contributed by atoms with Crippen LogP contribution < -0.4 is 16.0 Å². The summed E-state index contributed by atoms with van der Waals surface area (Å²) < 4.78 is 0. The molecular formula is C14H27N3O2S. The largest absolute Gasteiger partial charge is 0.354 e. The predicted octanol–water partition coefficient (Wildman–Crippen LogP) is 1.59. The minimum absolute atomic E-state index is 0.0774. The molecule has 0 aromatic rings. The average molecular weight is 301 g/mol. The van der Waals surface area contributed by atoms with Gasteiger partial charge in [-0.3, -0.25) is 4.79 Å². The van der Waals surface area contributed by atoms with Gasteiger partial charge in [0.1, 0.15) is 6.04 Å². The van der Waals surface area contributed by atoms with E-state index in [9.17, 15) is 9.59 Å². The van der Waals surface area contributed by atoms with Crippen LogP contribution >= 0.6 is 11.8 Å². The molecule has 20 heavy (non-hydrogen) atoms. The van der Waals surface area contributed by atoms with Crippen LogP contribution in [0, 0.1) is 11.8 Å². The van der Waals surface area contributed by atoms with E-state index in [0.717, 1.165) is 24.3 Å². The van der Waals surface area contributed by atoms with Gasteiger partial charge in [0.15, 0.2) is 0 Å². The zero-order valence-corrected chi connectivity index (χ0v) is 13.5. The average Bonchev–Trinajstić information content (AvgIpc) is 2.38. The third-order valence-corrected chi connectivity index (χ3v) is 4.72. The van der Waals surface area contributed by atoms with E-state index >= 15 is 0 Å². The molecule has 1 saturated heterocycles. The Balaban J connectivity index is 2.12. The fourth-order valence-corrected chi connectivity index (χ4v) is 3.04. The maximum Gasteiger partial charge on any atom is 0.315 e. The summed E-state index contributed by atoms with van der Waals surface area (Å²) in [5.41, 5.74) is 0. The van der Waals surface area contributed by atoms with Gasteiger partial charge >= 0.3 is 6.03 Å². The SMILES string of the molecule is CC(C)CSCCCNC(=O)N[C@@H]1C(=O)NCC[C@H]1C. The van der Waals surface area contributed by atoms with Crippen molar-refractivity contribution < 1.29 is 9.59 Å². The predicted molar refractivity (Wildman–Crippen MR) is 83.9 cm³/mol. The minimum Gasteiger partial charge on any atom is -0.354 e. The van der Waals surface area contributed by atoms with Crippen molar-refractivity contribution >= 4 is 23.7 Å². The normalized spacial score (nSPS) is 22.5. The van der Waals surface area contributed by atoms with Gasteiger partial charge in [-0.15, -0.1) is 0 Å². The van der Waals surface area contributed by atoms with E-state index in [1.807, 2.05) is 18.7 Å². The van der Waals surface area contributed by atoms with Crippen molar-refractivity contribution in [3.63, 3.8) is 0 Å². The maximum atomic E-state index is 11.7. The summed E-state index contributed by atoms with van der Waals surface area (Å²) in [6.07, 6.45) is 1.86. The second-order valence-corrected chi connectivity index (χ2v) is 6.91. The Morgan fingerprint density at radius 2 is 2.25 bits per heavy atom. The van der Waals surface area contributed by atoms with Crippen molar-refractivity contribution in [1.82, 2.24) is 16.0 Å². The molecule has 5 nitrogen and oxygen atoms in total. The van der Waals surface area contributed by atoms with Gasteiger partial charge in [-0.05, 0) is 36.2 Å². The number of carbonyl (C=O) groups excluding carboxylic acids is 2. The summed E-state index contributed by atoms with van der Waals surface area (Å²) in [6, 6.07) is -0.646. The van der Waals surface area contributed by atoms with Crippen molar-refractivity contribution in [2.24, 2.45) is 11.8 Å². The lowest BCUT2D eigenvalue weighted by atomic mass is 9.94. The molecule has 0 spiro atoms. The van der Waals surface area contributed by atoms with Crippen LogP contribution in [0.2, 0.25) is 0 Å². The summed E-state index contributed by atoms with van der Waals surface area (Å²) in [4.78, 5) is 23.4. The molecule has 0 bridgehead atoms. The van der Waals surface area contributed by atoms with Crippen LogP contribution in [0.5, 0.6) is 0 Å². The summed E-state index contributed by atoms with van der Waals surface area (Å²) in [5.74, 6) is 3.04. The number of piperidine rings is 1. The van der Waals surface area contributed by atoms with Gasteiger partial charge in [-0.1, -0.05) is 20.8 Å². The highest BCUT2D eigenvalue weighted by molar-refractivity contribution is 7.99. The van der Waals surface area contributed by atoms with Gasteiger partial charge in [-0.2, -0.15) is 11.8 Å². The molecular weight excluding hydrogens is 274 g/mol. The quantitative estimate of drug-likeness (QED) is 0.625. The van der Waals surface area contributed by atoms with Crippen molar-refractivity contribution in [3.8, 4) is 0 Å².